The lowest BCUT2D eigenvalue weighted by Crippen LogP contribution is -2.54. The maximum atomic E-state index is 12.3. The van der Waals surface area contributed by atoms with Crippen LogP contribution in [-0.2, 0) is 16.1 Å². The zero-order valence-electron chi connectivity index (χ0n) is 15.0. The molecule has 10 heteroatoms. The second-order valence-corrected chi connectivity index (χ2v) is 6.36. The first-order chi connectivity index (χ1) is 12.7. The molecule has 2 heterocycles. The van der Waals surface area contributed by atoms with Crippen molar-refractivity contribution in [2.75, 3.05) is 32.8 Å². The molecule has 0 radical (unpaired) electrons. The fourth-order valence-corrected chi connectivity index (χ4v) is 2.88. The molecule has 1 N–H and O–H groups in total. The molecule has 2 rings (SSSR count). The van der Waals surface area contributed by atoms with Crippen LogP contribution >= 0.6 is 0 Å². The van der Waals surface area contributed by atoms with Crippen LogP contribution in [0.15, 0.2) is 24.4 Å². The predicted octanol–water partition coefficient (Wildman–Crippen LogP) is 1.79. The Morgan fingerprint density at radius 1 is 1.33 bits per heavy atom. The predicted molar refractivity (Wildman–Crippen MR) is 90.7 cm³/mol. The molecule has 2 amide bonds. The number of pyridine rings is 1. The first-order valence-electron chi connectivity index (χ1n) is 8.64. The molecule has 1 aliphatic rings. The van der Waals surface area contributed by atoms with E-state index < -0.39 is 18.9 Å². The minimum atomic E-state index is -4.57. The first kappa shape index (κ1) is 20.9. The Labute approximate surface area is 155 Å². The van der Waals surface area contributed by atoms with E-state index in [1.54, 1.807) is 11.1 Å². The zero-order valence-corrected chi connectivity index (χ0v) is 15.0. The number of carbonyl (C=O) groups excluding carboxylic acids is 2. The second-order valence-electron chi connectivity index (χ2n) is 6.36. The van der Waals surface area contributed by atoms with E-state index in [0.717, 1.165) is 5.69 Å². The number of rotatable bonds is 6. The molecule has 7 nitrogen and oxygen atoms in total. The number of piperazine rings is 1. The highest BCUT2D eigenvalue weighted by Crippen LogP contribution is 2.15. The maximum absolute atomic E-state index is 12.3. The molecule has 0 aromatic carbocycles. The number of alkyl carbamates (subject to hydrolysis) is 1. The van der Waals surface area contributed by atoms with Crippen LogP contribution in [0.1, 0.15) is 19.0 Å². The van der Waals surface area contributed by atoms with Crippen molar-refractivity contribution in [2.45, 2.75) is 32.1 Å². The number of amides is 2. The summed E-state index contributed by atoms with van der Waals surface area (Å²) in [6, 6.07) is 5.73. The largest absolute Gasteiger partial charge is 0.440 e. The summed E-state index contributed by atoms with van der Waals surface area (Å²) in [6.07, 6.45) is -4.01. The van der Waals surface area contributed by atoms with Gasteiger partial charge in [-0.25, -0.2) is 4.79 Å². The Bertz CT molecular complexity index is 628. The Hall–Kier alpha value is -2.36. The SMILES string of the molecule is C[C@H]1CN(Cc2ccccn2)CCN1C(=O)CCNC(=O)OCC(F)(F)F. The van der Waals surface area contributed by atoms with E-state index in [4.69, 9.17) is 0 Å². The highest BCUT2D eigenvalue weighted by Gasteiger charge is 2.30. The number of carbonyl (C=O) groups is 2. The molecular weight excluding hydrogens is 365 g/mol. The van der Waals surface area contributed by atoms with Crippen molar-refractivity contribution >= 4 is 12.0 Å². The van der Waals surface area contributed by atoms with Crippen LogP contribution in [0.4, 0.5) is 18.0 Å². The standard InChI is InChI=1S/C17H23F3N4O3/c1-13-10-23(11-14-4-2-3-6-21-14)8-9-24(13)15(25)5-7-22-16(26)27-12-17(18,19)20/h2-4,6,13H,5,7-12H2,1H3,(H,22,26)/t13-/m0/s1. The van der Waals surface area contributed by atoms with Gasteiger partial charge in [0.15, 0.2) is 6.61 Å². The number of hydrogen-bond donors (Lipinski definition) is 1. The summed E-state index contributed by atoms with van der Waals surface area (Å²) in [7, 11) is 0. The van der Waals surface area contributed by atoms with E-state index in [0.29, 0.717) is 26.2 Å². The smallest absolute Gasteiger partial charge is 0.422 e. The minimum absolute atomic E-state index is 0.00565. The average molecular weight is 388 g/mol. The van der Waals surface area contributed by atoms with Crippen molar-refractivity contribution in [3.05, 3.63) is 30.1 Å². The molecule has 0 saturated carbocycles. The molecule has 1 atom stereocenters. The second kappa shape index (κ2) is 9.54. The van der Waals surface area contributed by atoms with Gasteiger partial charge in [0.2, 0.25) is 5.91 Å². The topological polar surface area (TPSA) is 74.8 Å². The molecular formula is C17H23F3N4O3. The maximum Gasteiger partial charge on any atom is 0.422 e. The van der Waals surface area contributed by atoms with E-state index in [1.807, 2.05) is 25.1 Å². The number of hydrogen-bond acceptors (Lipinski definition) is 5. The molecule has 0 spiro atoms. The van der Waals surface area contributed by atoms with Gasteiger partial charge in [-0.15, -0.1) is 0 Å². The third kappa shape index (κ3) is 7.41. The summed E-state index contributed by atoms with van der Waals surface area (Å²) in [5.41, 5.74) is 0.964. The van der Waals surface area contributed by atoms with E-state index in [2.05, 4.69) is 19.9 Å². The van der Waals surface area contributed by atoms with Crippen molar-refractivity contribution in [2.24, 2.45) is 0 Å². The molecule has 150 valence electrons. The quantitative estimate of drug-likeness (QED) is 0.804. The molecule has 1 fully saturated rings. The number of ether oxygens (including phenoxy) is 1. The van der Waals surface area contributed by atoms with Gasteiger partial charge in [0, 0.05) is 51.4 Å². The normalized spacial score (nSPS) is 18.2. The molecule has 0 bridgehead atoms. The minimum Gasteiger partial charge on any atom is -0.440 e. The van der Waals surface area contributed by atoms with Gasteiger partial charge >= 0.3 is 12.3 Å². The first-order valence-corrected chi connectivity index (χ1v) is 8.64. The van der Waals surface area contributed by atoms with Crippen molar-refractivity contribution in [3.63, 3.8) is 0 Å². The summed E-state index contributed by atoms with van der Waals surface area (Å²) in [5, 5.41) is 2.15. The molecule has 1 aliphatic heterocycles. The van der Waals surface area contributed by atoms with Gasteiger partial charge in [-0.05, 0) is 19.1 Å². The number of halogens is 3. The van der Waals surface area contributed by atoms with Gasteiger partial charge in [0.05, 0.1) is 5.69 Å². The third-order valence-electron chi connectivity index (χ3n) is 4.12. The van der Waals surface area contributed by atoms with Crippen LogP contribution in [0.2, 0.25) is 0 Å². The molecule has 1 saturated heterocycles. The number of nitrogens with one attached hydrogen (secondary N) is 1. The average Bonchev–Trinajstić information content (AvgIpc) is 2.60. The Balaban J connectivity index is 1.69. The molecule has 0 aliphatic carbocycles. The Kier molecular flexibility index (Phi) is 7.40. The summed E-state index contributed by atoms with van der Waals surface area (Å²) in [5.74, 6) is -0.156. The summed E-state index contributed by atoms with van der Waals surface area (Å²) in [6.45, 7) is 2.87. The van der Waals surface area contributed by atoms with Gasteiger partial charge in [-0.1, -0.05) is 6.07 Å². The third-order valence-corrected chi connectivity index (χ3v) is 4.12. The van der Waals surface area contributed by atoms with Crippen LogP contribution in [0, 0.1) is 0 Å². The molecule has 1 aromatic rings. The molecule has 0 unspecified atom stereocenters. The van der Waals surface area contributed by atoms with Gasteiger partial charge < -0.3 is 15.0 Å². The lowest BCUT2D eigenvalue weighted by Gasteiger charge is -2.39. The van der Waals surface area contributed by atoms with Crippen LogP contribution < -0.4 is 5.32 Å². The van der Waals surface area contributed by atoms with Crippen LogP contribution in [0.25, 0.3) is 0 Å². The monoisotopic (exact) mass is 388 g/mol. The lowest BCUT2D eigenvalue weighted by molar-refractivity contribution is -0.160. The fraction of sp³-hybridized carbons (Fsp3) is 0.588. The fourth-order valence-electron chi connectivity index (χ4n) is 2.88. The van der Waals surface area contributed by atoms with E-state index in [1.165, 1.54) is 0 Å². The van der Waals surface area contributed by atoms with Gasteiger partial charge in [-0.2, -0.15) is 13.2 Å². The van der Waals surface area contributed by atoms with Crippen LogP contribution in [0.5, 0.6) is 0 Å². The number of aromatic nitrogens is 1. The Morgan fingerprint density at radius 3 is 2.74 bits per heavy atom. The summed E-state index contributed by atoms with van der Waals surface area (Å²) >= 11 is 0. The molecule has 27 heavy (non-hydrogen) atoms. The van der Waals surface area contributed by atoms with Crippen LogP contribution in [0.3, 0.4) is 0 Å². The zero-order chi connectivity index (χ0) is 19.9. The Morgan fingerprint density at radius 2 is 2.11 bits per heavy atom. The van der Waals surface area contributed by atoms with Crippen molar-refractivity contribution in [3.8, 4) is 0 Å². The highest BCUT2D eigenvalue weighted by molar-refractivity contribution is 5.77. The van der Waals surface area contributed by atoms with E-state index in [-0.39, 0.29) is 24.9 Å². The number of nitrogens with zero attached hydrogens (tertiary/aromatic N) is 3. The highest BCUT2D eigenvalue weighted by atomic mass is 19.4. The van der Waals surface area contributed by atoms with Gasteiger partial charge in [0.25, 0.3) is 0 Å². The summed E-state index contributed by atoms with van der Waals surface area (Å²) < 4.78 is 39.9. The number of alkyl halides is 3. The van der Waals surface area contributed by atoms with Crippen molar-refractivity contribution < 1.29 is 27.5 Å². The van der Waals surface area contributed by atoms with E-state index >= 15 is 0 Å². The lowest BCUT2D eigenvalue weighted by atomic mass is 10.1. The molecule has 1 aromatic heterocycles. The van der Waals surface area contributed by atoms with Crippen molar-refractivity contribution in [1.82, 2.24) is 20.1 Å². The van der Waals surface area contributed by atoms with Gasteiger partial charge in [0.1, 0.15) is 0 Å². The van der Waals surface area contributed by atoms with Gasteiger partial charge in [-0.3, -0.25) is 14.7 Å². The van der Waals surface area contributed by atoms with Crippen molar-refractivity contribution in [1.29, 1.82) is 0 Å². The van der Waals surface area contributed by atoms with E-state index in [9.17, 15) is 22.8 Å². The summed E-state index contributed by atoms with van der Waals surface area (Å²) in [4.78, 5) is 31.7. The van der Waals surface area contributed by atoms with Crippen LogP contribution in [-0.4, -0.2) is 71.8 Å².